The van der Waals surface area contributed by atoms with E-state index in [1.54, 1.807) is 0 Å². The summed E-state index contributed by atoms with van der Waals surface area (Å²) in [6.45, 7) is 2.38. The molecule has 0 atom stereocenters. The van der Waals surface area contributed by atoms with Crippen molar-refractivity contribution in [3.8, 4) is 11.3 Å². The van der Waals surface area contributed by atoms with Crippen LogP contribution in [0.25, 0.3) is 11.3 Å². The van der Waals surface area contributed by atoms with E-state index in [2.05, 4.69) is 21.1 Å². The minimum absolute atomic E-state index is 0.409. The van der Waals surface area contributed by atoms with Gasteiger partial charge in [-0.05, 0) is 19.1 Å². The lowest BCUT2D eigenvalue weighted by molar-refractivity contribution is 0.423. The standard InChI is InChI=1S/C11H11BrN2O/c1-7-10(6-13)14-15-11(7)8-2-4-9(12)5-3-8/h2-5H,6,13H2,1H3. The van der Waals surface area contributed by atoms with Crippen LogP contribution in [-0.4, -0.2) is 5.16 Å². The number of aromatic nitrogens is 1. The lowest BCUT2D eigenvalue weighted by Gasteiger charge is -1.97. The maximum absolute atomic E-state index is 5.54. The maximum Gasteiger partial charge on any atom is 0.170 e. The molecular weight excluding hydrogens is 256 g/mol. The van der Waals surface area contributed by atoms with Crippen molar-refractivity contribution in [2.45, 2.75) is 13.5 Å². The van der Waals surface area contributed by atoms with E-state index in [0.29, 0.717) is 6.54 Å². The predicted octanol–water partition coefficient (Wildman–Crippen LogP) is 2.87. The first kappa shape index (κ1) is 10.4. The molecule has 1 aromatic heterocycles. The van der Waals surface area contributed by atoms with Gasteiger partial charge in [0.05, 0.1) is 0 Å². The summed E-state index contributed by atoms with van der Waals surface area (Å²) in [7, 11) is 0. The minimum atomic E-state index is 0.409. The lowest BCUT2D eigenvalue weighted by atomic mass is 10.1. The van der Waals surface area contributed by atoms with Gasteiger partial charge < -0.3 is 10.3 Å². The average molecular weight is 267 g/mol. The number of hydrogen-bond donors (Lipinski definition) is 1. The molecule has 78 valence electrons. The van der Waals surface area contributed by atoms with Crippen molar-refractivity contribution in [2.75, 3.05) is 0 Å². The summed E-state index contributed by atoms with van der Waals surface area (Å²) in [5.74, 6) is 0.794. The Morgan fingerprint density at radius 3 is 2.53 bits per heavy atom. The van der Waals surface area contributed by atoms with E-state index in [0.717, 1.165) is 27.1 Å². The molecule has 0 fully saturated rings. The van der Waals surface area contributed by atoms with Crippen LogP contribution >= 0.6 is 15.9 Å². The highest BCUT2D eigenvalue weighted by atomic mass is 79.9. The summed E-state index contributed by atoms with van der Waals surface area (Å²) >= 11 is 3.39. The van der Waals surface area contributed by atoms with E-state index in [4.69, 9.17) is 10.3 Å². The predicted molar refractivity (Wildman–Crippen MR) is 62.3 cm³/mol. The van der Waals surface area contributed by atoms with Gasteiger partial charge in [0.2, 0.25) is 0 Å². The number of nitrogens with zero attached hydrogens (tertiary/aromatic N) is 1. The first-order valence-electron chi connectivity index (χ1n) is 4.63. The highest BCUT2D eigenvalue weighted by Crippen LogP contribution is 2.26. The summed E-state index contributed by atoms with van der Waals surface area (Å²) < 4.78 is 6.31. The first-order valence-corrected chi connectivity index (χ1v) is 5.43. The largest absolute Gasteiger partial charge is 0.356 e. The Balaban J connectivity index is 2.45. The molecule has 0 radical (unpaired) electrons. The Hall–Kier alpha value is -1.13. The van der Waals surface area contributed by atoms with Crippen molar-refractivity contribution in [3.63, 3.8) is 0 Å². The van der Waals surface area contributed by atoms with Crippen molar-refractivity contribution in [3.05, 3.63) is 40.0 Å². The van der Waals surface area contributed by atoms with E-state index in [1.807, 2.05) is 31.2 Å². The second kappa shape index (κ2) is 4.16. The molecule has 0 saturated carbocycles. The van der Waals surface area contributed by atoms with Crippen LogP contribution in [0.15, 0.2) is 33.3 Å². The molecule has 0 amide bonds. The molecule has 0 spiro atoms. The van der Waals surface area contributed by atoms with Gasteiger partial charge in [0.25, 0.3) is 0 Å². The Bertz CT molecular complexity index is 462. The molecule has 0 bridgehead atoms. The Morgan fingerprint density at radius 2 is 2.00 bits per heavy atom. The van der Waals surface area contributed by atoms with E-state index >= 15 is 0 Å². The van der Waals surface area contributed by atoms with Crippen LogP contribution in [0.2, 0.25) is 0 Å². The zero-order chi connectivity index (χ0) is 10.8. The second-order valence-corrected chi connectivity index (χ2v) is 4.21. The summed E-state index contributed by atoms with van der Waals surface area (Å²) in [6.07, 6.45) is 0. The molecule has 2 aromatic rings. The smallest absolute Gasteiger partial charge is 0.170 e. The van der Waals surface area contributed by atoms with Crippen LogP contribution in [0.5, 0.6) is 0 Å². The molecule has 0 aliphatic heterocycles. The Morgan fingerprint density at radius 1 is 1.33 bits per heavy atom. The molecule has 0 aliphatic rings. The molecule has 0 saturated heterocycles. The lowest BCUT2D eigenvalue weighted by Crippen LogP contribution is -1.97. The highest BCUT2D eigenvalue weighted by Gasteiger charge is 2.11. The monoisotopic (exact) mass is 266 g/mol. The van der Waals surface area contributed by atoms with Gasteiger partial charge in [-0.15, -0.1) is 0 Å². The van der Waals surface area contributed by atoms with Gasteiger partial charge in [-0.3, -0.25) is 0 Å². The van der Waals surface area contributed by atoms with Gasteiger partial charge in [-0.1, -0.05) is 33.2 Å². The van der Waals surface area contributed by atoms with Crippen LogP contribution in [0, 0.1) is 6.92 Å². The van der Waals surface area contributed by atoms with E-state index in [9.17, 15) is 0 Å². The fourth-order valence-electron chi connectivity index (χ4n) is 1.43. The van der Waals surface area contributed by atoms with Gasteiger partial charge in [-0.25, -0.2) is 0 Å². The summed E-state index contributed by atoms with van der Waals surface area (Å²) in [4.78, 5) is 0. The van der Waals surface area contributed by atoms with Crippen molar-refractivity contribution in [1.82, 2.24) is 5.16 Å². The highest BCUT2D eigenvalue weighted by molar-refractivity contribution is 9.10. The van der Waals surface area contributed by atoms with Crippen LogP contribution in [0.1, 0.15) is 11.3 Å². The van der Waals surface area contributed by atoms with Crippen LogP contribution in [-0.2, 0) is 6.54 Å². The normalized spacial score (nSPS) is 10.6. The van der Waals surface area contributed by atoms with Crippen molar-refractivity contribution in [2.24, 2.45) is 5.73 Å². The van der Waals surface area contributed by atoms with E-state index < -0.39 is 0 Å². The van der Waals surface area contributed by atoms with Crippen molar-refractivity contribution < 1.29 is 4.52 Å². The van der Waals surface area contributed by atoms with Crippen molar-refractivity contribution >= 4 is 15.9 Å². The second-order valence-electron chi connectivity index (χ2n) is 3.29. The maximum atomic E-state index is 5.54. The Kier molecular flexibility index (Phi) is 2.88. The molecule has 1 heterocycles. The summed E-state index contributed by atoms with van der Waals surface area (Å²) in [5, 5.41) is 3.92. The van der Waals surface area contributed by atoms with Crippen LogP contribution < -0.4 is 5.73 Å². The average Bonchev–Trinajstić information content (AvgIpc) is 2.61. The molecule has 1 aromatic carbocycles. The Labute approximate surface area is 96.4 Å². The third-order valence-corrected chi connectivity index (χ3v) is 2.85. The van der Waals surface area contributed by atoms with Gasteiger partial charge in [0, 0.05) is 22.1 Å². The van der Waals surface area contributed by atoms with Gasteiger partial charge in [0.15, 0.2) is 5.76 Å². The number of benzene rings is 1. The van der Waals surface area contributed by atoms with E-state index in [1.165, 1.54) is 0 Å². The third kappa shape index (κ3) is 1.96. The first-order chi connectivity index (χ1) is 7.22. The SMILES string of the molecule is Cc1c(CN)noc1-c1ccc(Br)cc1. The molecular formula is C11H11BrN2O. The van der Waals surface area contributed by atoms with Crippen LogP contribution in [0.4, 0.5) is 0 Å². The van der Waals surface area contributed by atoms with Gasteiger partial charge >= 0.3 is 0 Å². The third-order valence-electron chi connectivity index (χ3n) is 2.32. The topological polar surface area (TPSA) is 52.0 Å². The fourth-order valence-corrected chi connectivity index (χ4v) is 1.69. The molecule has 15 heavy (non-hydrogen) atoms. The van der Waals surface area contributed by atoms with Crippen LogP contribution in [0.3, 0.4) is 0 Å². The van der Waals surface area contributed by atoms with Gasteiger partial charge in [-0.2, -0.15) is 0 Å². The zero-order valence-electron chi connectivity index (χ0n) is 8.33. The summed E-state index contributed by atoms with van der Waals surface area (Å²) in [5.41, 5.74) is 8.38. The zero-order valence-corrected chi connectivity index (χ0v) is 9.91. The molecule has 2 rings (SSSR count). The number of halogens is 1. The number of hydrogen-bond acceptors (Lipinski definition) is 3. The molecule has 4 heteroatoms. The quantitative estimate of drug-likeness (QED) is 0.910. The van der Waals surface area contributed by atoms with Crippen molar-refractivity contribution in [1.29, 1.82) is 0 Å². The number of rotatable bonds is 2. The molecule has 0 unspecified atom stereocenters. The van der Waals surface area contributed by atoms with Gasteiger partial charge in [0.1, 0.15) is 5.69 Å². The van der Waals surface area contributed by atoms with E-state index in [-0.39, 0.29) is 0 Å². The fraction of sp³-hybridized carbons (Fsp3) is 0.182. The molecule has 2 N–H and O–H groups in total. The minimum Gasteiger partial charge on any atom is -0.356 e. The molecule has 3 nitrogen and oxygen atoms in total. The number of nitrogens with two attached hydrogens (primary N) is 1. The summed E-state index contributed by atoms with van der Waals surface area (Å²) in [6, 6.07) is 7.91. The molecule has 0 aliphatic carbocycles.